The lowest BCUT2D eigenvalue weighted by Gasteiger charge is -2.31. The van der Waals surface area contributed by atoms with Gasteiger partial charge >= 0.3 is 0 Å². The zero-order valence-electron chi connectivity index (χ0n) is 10.8. The van der Waals surface area contributed by atoms with Crippen molar-refractivity contribution in [2.24, 2.45) is 0 Å². The van der Waals surface area contributed by atoms with Crippen molar-refractivity contribution < 1.29 is 9.84 Å². The smallest absolute Gasteiger partial charge is 0.119 e. The Labute approximate surface area is 117 Å². The Bertz CT molecular complexity index is 367. The molecule has 1 heterocycles. The van der Waals surface area contributed by atoms with Crippen LogP contribution >= 0.6 is 23.5 Å². The van der Waals surface area contributed by atoms with Gasteiger partial charge in [0.1, 0.15) is 5.75 Å². The monoisotopic (exact) mass is 284 g/mol. The molecule has 0 aliphatic carbocycles. The Morgan fingerprint density at radius 3 is 2.56 bits per heavy atom. The van der Waals surface area contributed by atoms with E-state index < -0.39 is 0 Å². The largest absolute Gasteiger partial charge is 0.494 e. The van der Waals surface area contributed by atoms with Crippen molar-refractivity contribution in [1.29, 1.82) is 0 Å². The van der Waals surface area contributed by atoms with Gasteiger partial charge in [-0.2, -0.15) is 23.5 Å². The van der Waals surface area contributed by atoms with Gasteiger partial charge in [0.15, 0.2) is 0 Å². The van der Waals surface area contributed by atoms with E-state index in [9.17, 15) is 5.11 Å². The van der Waals surface area contributed by atoms with Gasteiger partial charge in [0.2, 0.25) is 0 Å². The van der Waals surface area contributed by atoms with Crippen molar-refractivity contribution in [2.75, 3.05) is 18.1 Å². The molecule has 1 fully saturated rings. The highest BCUT2D eigenvalue weighted by atomic mass is 32.2. The molecule has 0 amide bonds. The summed E-state index contributed by atoms with van der Waals surface area (Å²) in [4.78, 5) is 0. The molecule has 1 saturated heterocycles. The molecule has 0 saturated carbocycles. The number of hydrogen-bond donors (Lipinski definition) is 1. The number of rotatable bonds is 4. The molecule has 1 N–H and O–H groups in total. The summed E-state index contributed by atoms with van der Waals surface area (Å²) in [7, 11) is 0. The molecule has 18 heavy (non-hydrogen) atoms. The lowest BCUT2D eigenvalue weighted by molar-refractivity contribution is 0.174. The van der Waals surface area contributed by atoms with Crippen LogP contribution in [0.2, 0.25) is 0 Å². The molecule has 4 heteroatoms. The van der Waals surface area contributed by atoms with Crippen molar-refractivity contribution >= 4 is 23.5 Å². The van der Waals surface area contributed by atoms with E-state index in [1.807, 2.05) is 54.7 Å². The summed E-state index contributed by atoms with van der Waals surface area (Å²) in [6, 6.07) is 7.82. The van der Waals surface area contributed by atoms with E-state index in [0.717, 1.165) is 17.1 Å². The van der Waals surface area contributed by atoms with E-state index in [4.69, 9.17) is 4.74 Å². The minimum absolute atomic E-state index is 0.293. The van der Waals surface area contributed by atoms with Gasteiger partial charge in [0, 0.05) is 22.0 Å². The van der Waals surface area contributed by atoms with E-state index in [-0.39, 0.29) is 6.10 Å². The summed E-state index contributed by atoms with van der Waals surface area (Å²) in [5, 5.41) is 11.3. The maximum atomic E-state index is 10.5. The third-order valence-electron chi connectivity index (χ3n) is 3.08. The average molecular weight is 284 g/mol. The molecule has 1 aromatic carbocycles. The topological polar surface area (TPSA) is 29.5 Å². The van der Waals surface area contributed by atoms with E-state index in [1.54, 1.807) is 0 Å². The van der Waals surface area contributed by atoms with Crippen LogP contribution in [-0.2, 0) is 0 Å². The first-order valence-corrected chi connectivity index (χ1v) is 8.46. The Balaban J connectivity index is 2.05. The first-order valence-electron chi connectivity index (χ1n) is 6.36. The van der Waals surface area contributed by atoms with E-state index in [1.165, 1.54) is 5.75 Å². The summed E-state index contributed by atoms with van der Waals surface area (Å²) < 4.78 is 5.42. The maximum Gasteiger partial charge on any atom is 0.119 e. The molecule has 0 radical (unpaired) electrons. The molecule has 0 bridgehead atoms. The van der Waals surface area contributed by atoms with Crippen LogP contribution in [0.1, 0.15) is 25.5 Å². The van der Waals surface area contributed by atoms with Crippen LogP contribution in [0.4, 0.5) is 0 Å². The predicted octanol–water partition coefficient (Wildman–Crippen LogP) is 3.36. The predicted molar refractivity (Wildman–Crippen MR) is 80.7 cm³/mol. The number of benzene rings is 1. The average Bonchev–Trinajstić information content (AvgIpc) is 2.40. The fourth-order valence-electron chi connectivity index (χ4n) is 2.11. The summed E-state index contributed by atoms with van der Waals surface area (Å²) in [5.41, 5.74) is 0.991. The standard InChI is InChI=1S/C14H20O2S2/c1-3-16-12-6-4-11(5-7-12)13(15)14-10(2)17-8-9-18-14/h4-7,10,13-15H,3,8-9H2,1-2H3. The quantitative estimate of drug-likeness (QED) is 0.918. The number of ether oxygens (including phenoxy) is 1. The molecule has 0 aromatic heterocycles. The molecule has 2 nitrogen and oxygen atoms in total. The molecule has 3 atom stereocenters. The number of hydrogen-bond acceptors (Lipinski definition) is 4. The van der Waals surface area contributed by atoms with Gasteiger partial charge in [0.25, 0.3) is 0 Å². The maximum absolute atomic E-state index is 10.5. The molecule has 1 aliphatic heterocycles. The third-order valence-corrected chi connectivity index (χ3v) is 6.26. The van der Waals surface area contributed by atoms with Gasteiger partial charge in [-0.1, -0.05) is 19.1 Å². The number of thioether (sulfide) groups is 2. The van der Waals surface area contributed by atoms with Gasteiger partial charge in [0.05, 0.1) is 12.7 Å². The van der Waals surface area contributed by atoms with Gasteiger partial charge in [-0.05, 0) is 24.6 Å². The summed E-state index contributed by atoms with van der Waals surface area (Å²) in [6.07, 6.45) is -0.381. The van der Waals surface area contributed by atoms with Crippen molar-refractivity contribution in [1.82, 2.24) is 0 Å². The molecule has 2 rings (SSSR count). The fraction of sp³-hybridized carbons (Fsp3) is 0.571. The molecule has 1 aromatic rings. The highest BCUT2D eigenvalue weighted by Gasteiger charge is 2.29. The van der Waals surface area contributed by atoms with Crippen LogP contribution < -0.4 is 4.74 Å². The van der Waals surface area contributed by atoms with Crippen LogP contribution in [0.15, 0.2) is 24.3 Å². The first kappa shape index (κ1) is 14.1. The van der Waals surface area contributed by atoms with Crippen LogP contribution in [0, 0.1) is 0 Å². The third kappa shape index (κ3) is 3.37. The Hall–Kier alpha value is -0.320. The Morgan fingerprint density at radius 2 is 1.94 bits per heavy atom. The normalized spacial score (nSPS) is 25.7. The molecule has 0 spiro atoms. The van der Waals surface area contributed by atoms with E-state index in [0.29, 0.717) is 17.1 Å². The Kier molecular flexibility index (Phi) is 5.27. The zero-order chi connectivity index (χ0) is 13.0. The van der Waals surface area contributed by atoms with Crippen LogP contribution in [0.5, 0.6) is 5.75 Å². The molecular formula is C14H20O2S2. The summed E-state index contributed by atoms with van der Waals surface area (Å²) >= 11 is 3.84. The highest BCUT2D eigenvalue weighted by molar-refractivity contribution is 8.07. The van der Waals surface area contributed by atoms with E-state index >= 15 is 0 Å². The molecule has 3 unspecified atom stereocenters. The van der Waals surface area contributed by atoms with Gasteiger partial charge in [-0.3, -0.25) is 0 Å². The second kappa shape index (κ2) is 6.73. The molecule has 1 aliphatic rings. The highest BCUT2D eigenvalue weighted by Crippen LogP contribution is 2.38. The van der Waals surface area contributed by atoms with Crippen molar-refractivity contribution in [2.45, 2.75) is 30.5 Å². The van der Waals surface area contributed by atoms with Crippen molar-refractivity contribution in [3.05, 3.63) is 29.8 Å². The van der Waals surface area contributed by atoms with Crippen LogP contribution in [0.25, 0.3) is 0 Å². The Morgan fingerprint density at radius 1 is 1.28 bits per heavy atom. The van der Waals surface area contributed by atoms with Crippen LogP contribution in [-0.4, -0.2) is 33.7 Å². The second-order valence-electron chi connectivity index (χ2n) is 4.36. The van der Waals surface area contributed by atoms with Gasteiger partial charge in [-0.15, -0.1) is 0 Å². The molecular weight excluding hydrogens is 264 g/mol. The summed E-state index contributed by atoms with van der Waals surface area (Å²) in [5.74, 6) is 3.19. The van der Waals surface area contributed by atoms with E-state index in [2.05, 4.69) is 6.92 Å². The second-order valence-corrected chi connectivity index (χ2v) is 7.13. The van der Waals surface area contributed by atoms with Gasteiger partial charge < -0.3 is 9.84 Å². The summed E-state index contributed by atoms with van der Waals surface area (Å²) in [6.45, 7) is 4.85. The van der Waals surface area contributed by atoms with Gasteiger partial charge in [-0.25, -0.2) is 0 Å². The lowest BCUT2D eigenvalue weighted by atomic mass is 10.0. The SMILES string of the molecule is CCOc1ccc(C(O)C2SCCSC2C)cc1. The minimum atomic E-state index is -0.381. The molecule has 100 valence electrons. The van der Waals surface area contributed by atoms with Crippen molar-refractivity contribution in [3.8, 4) is 5.75 Å². The number of aliphatic hydroxyl groups is 1. The first-order chi connectivity index (χ1) is 8.72. The fourth-order valence-corrected chi connectivity index (χ4v) is 4.95. The number of aliphatic hydroxyl groups excluding tert-OH is 1. The van der Waals surface area contributed by atoms with Crippen molar-refractivity contribution in [3.63, 3.8) is 0 Å². The zero-order valence-corrected chi connectivity index (χ0v) is 12.5. The lowest BCUT2D eigenvalue weighted by Crippen LogP contribution is -2.29. The minimum Gasteiger partial charge on any atom is -0.494 e. The van der Waals surface area contributed by atoms with Crippen LogP contribution in [0.3, 0.4) is 0 Å².